The Morgan fingerprint density at radius 1 is 0.611 bits per heavy atom. The van der Waals surface area contributed by atoms with Gasteiger partial charge in [0.2, 0.25) is 0 Å². The van der Waals surface area contributed by atoms with Gasteiger partial charge in [0.05, 0.1) is 11.4 Å². The lowest BCUT2D eigenvalue weighted by Crippen LogP contribution is -1.87. The van der Waals surface area contributed by atoms with E-state index in [2.05, 4.69) is 15.0 Å². The quantitative estimate of drug-likeness (QED) is 0.682. The molecule has 0 N–H and O–H groups in total. The van der Waals surface area contributed by atoms with Gasteiger partial charge in [-0.05, 0) is 35.9 Å². The lowest BCUT2D eigenvalue weighted by atomic mass is 10.1. The monoisotopic (exact) mass is 233 g/mol. The summed E-state index contributed by atoms with van der Waals surface area (Å²) in [6.07, 6.45) is 7.19. The van der Waals surface area contributed by atoms with Crippen molar-refractivity contribution >= 4 is 0 Å². The number of hydrogen-bond donors (Lipinski definition) is 0. The highest BCUT2D eigenvalue weighted by Gasteiger charge is 2.01. The van der Waals surface area contributed by atoms with E-state index < -0.39 is 0 Å². The van der Waals surface area contributed by atoms with Crippen molar-refractivity contribution in [2.75, 3.05) is 0 Å². The molecule has 86 valence electrons. The van der Waals surface area contributed by atoms with Crippen LogP contribution in [0.1, 0.15) is 0 Å². The third-order valence-corrected chi connectivity index (χ3v) is 2.70. The fourth-order valence-electron chi connectivity index (χ4n) is 1.77. The molecule has 0 amide bonds. The molecule has 0 radical (unpaired) electrons. The molecule has 0 unspecified atom stereocenters. The third kappa shape index (κ3) is 2.11. The van der Waals surface area contributed by atoms with E-state index in [1.807, 2.05) is 48.7 Å². The van der Waals surface area contributed by atoms with Crippen LogP contribution in [0.3, 0.4) is 0 Å². The van der Waals surface area contributed by atoms with E-state index in [1.165, 1.54) is 0 Å². The fourth-order valence-corrected chi connectivity index (χ4v) is 1.77. The van der Waals surface area contributed by atoms with Gasteiger partial charge in [0.1, 0.15) is 0 Å². The van der Waals surface area contributed by atoms with E-state index in [-0.39, 0.29) is 0 Å². The number of nitrogens with zero attached hydrogens (tertiary/aromatic N) is 3. The standard InChI is InChI=1S/C15H11N3/c1-2-8-17-14(3-1)15-5-4-13(11-18-15)12-6-9-16-10-7-12/h1-11H. The minimum absolute atomic E-state index is 0.883. The Labute approximate surface area is 105 Å². The number of hydrogen-bond acceptors (Lipinski definition) is 3. The molecular formula is C15H11N3. The summed E-state index contributed by atoms with van der Waals surface area (Å²) >= 11 is 0. The van der Waals surface area contributed by atoms with Crippen LogP contribution in [-0.4, -0.2) is 15.0 Å². The van der Waals surface area contributed by atoms with E-state index in [1.54, 1.807) is 18.6 Å². The van der Waals surface area contributed by atoms with E-state index in [4.69, 9.17) is 0 Å². The highest BCUT2D eigenvalue weighted by atomic mass is 14.8. The second-order valence-electron chi connectivity index (χ2n) is 3.88. The molecule has 0 spiro atoms. The smallest absolute Gasteiger partial charge is 0.0886 e. The molecule has 0 aliphatic carbocycles. The van der Waals surface area contributed by atoms with Crippen molar-refractivity contribution in [1.82, 2.24) is 15.0 Å². The summed E-state index contributed by atoms with van der Waals surface area (Å²) in [6, 6.07) is 13.8. The molecule has 0 aromatic carbocycles. The Balaban J connectivity index is 1.95. The van der Waals surface area contributed by atoms with Gasteiger partial charge in [-0.25, -0.2) is 0 Å². The van der Waals surface area contributed by atoms with Gasteiger partial charge < -0.3 is 0 Å². The molecule has 3 nitrogen and oxygen atoms in total. The van der Waals surface area contributed by atoms with Gasteiger partial charge in [-0.2, -0.15) is 0 Å². The van der Waals surface area contributed by atoms with Crippen LogP contribution in [0, 0.1) is 0 Å². The lowest BCUT2D eigenvalue weighted by Gasteiger charge is -2.02. The van der Waals surface area contributed by atoms with Gasteiger partial charge >= 0.3 is 0 Å². The molecule has 0 aliphatic heterocycles. The second kappa shape index (κ2) is 4.75. The van der Waals surface area contributed by atoms with Crippen LogP contribution in [0.4, 0.5) is 0 Å². The molecule has 0 aliphatic rings. The zero-order valence-corrected chi connectivity index (χ0v) is 9.69. The average molecular weight is 233 g/mol. The van der Waals surface area contributed by atoms with Gasteiger partial charge in [-0.3, -0.25) is 15.0 Å². The highest BCUT2D eigenvalue weighted by molar-refractivity contribution is 5.64. The minimum Gasteiger partial charge on any atom is -0.265 e. The first kappa shape index (κ1) is 10.6. The van der Waals surface area contributed by atoms with Gasteiger partial charge in [-0.15, -0.1) is 0 Å². The first-order chi connectivity index (χ1) is 8.93. The molecule has 3 aromatic rings. The number of pyridine rings is 3. The van der Waals surface area contributed by atoms with Crippen LogP contribution in [0.2, 0.25) is 0 Å². The Morgan fingerprint density at radius 2 is 1.44 bits per heavy atom. The van der Waals surface area contributed by atoms with E-state index in [9.17, 15) is 0 Å². The fraction of sp³-hybridized carbons (Fsp3) is 0. The summed E-state index contributed by atoms with van der Waals surface area (Å²) in [7, 11) is 0. The summed E-state index contributed by atoms with van der Waals surface area (Å²) in [6.45, 7) is 0. The van der Waals surface area contributed by atoms with Crippen molar-refractivity contribution in [3.63, 3.8) is 0 Å². The maximum Gasteiger partial charge on any atom is 0.0886 e. The van der Waals surface area contributed by atoms with Crippen LogP contribution < -0.4 is 0 Å². The molecule has 3 heteroatoms. The van der Waals surface area contributed by atoms with Crippen molar-refractivity contribution in [2.45, 2.75) is 0 Å². The summed E-state index contributed by atoms with van der Waals surface area (Å²) in [5.74, 6) is 0. The molecule has 0 atom stereocenters. The van der Waals surface area contributed by atoms with Crippen LogP contribution in [-0.2, 0) is 0 Å². The largest absolute Gasteiger partial charge is 0.265 e. The molecule has 3 aromatic heterocycles. The predicted octanol–water partition coefficient (Wildman–Crippen LogP) is 3.21. The second-order valence-corrected chi connectivity index (χ2v) is 3.88. The minimum atomic E-state index is 0.883. The maximum absolute atomic E-state index is 4.44. The van der Waals surface area contributed by atoms with Crippen LogP contribution in [0.5, 0.6) is 0 Å². The SMILES string of the molecule is c1ccc(-c2ccc(-c3ccncc3)cn2)nc1. The lowest BCUT2D eigenvalue weighted by molar-refractivity contribution is 1.24. The van der Waals surface area contributed by atoms with Crippen LogP contribution in [0.25, 0.3) is 22.5 Å². The number of rotatable bonds is 2. The summed E-state index contributed by atoms with van der Waals surface area (Å²) < 4.78 is 0. The van der Waals surface area contributed by atoms with Crippen molar-refractivity contribution in [2.24, 2.45) is 0 Å². The zero-order valence-electron chi connectivity index (χ0n) is 9.69. The van der Waals surface area contributed by atoms with E-state index in [0.717, 1.165) is 22.5 Å². The molecule has 0 saturated heterocycles. The topological polar surface area (TPSA) is 38.7 Å². The Kier molecular flexibility index (Phi) is 2.80. The Bertz CT molecular complexity index is 560. The summed E-state index contributed by atoms with van der Waals surface area (Å²) in [4.78, 5) is 12.7. The van der Waals surface area contributed by atoms with Gasteiger partial charge in [0.25, 0.3) is 0 Å². The molecular weight excluding hydrogens is 222 g/mol. The molecule has 3 rings (SSSR count). The van der Waals surface area contributed by atoms with Crippen LogP contribution in [0.15, 0.2) is 67.3 Å². The van der Waals surface area contributed by atoms with Crippen molar-refractivity contribution in [1.29, 1.82) is 0 Å². The number of aromatic nitrogens is 3. The normalized spacial score (nSPS) is 10.2. The summed E-state index contributed by atoms with van der Waals surface area (Å²) in [5.41, 5.74) is 3.97. The van der Waals surface area contributed by atoms with Gasteiger partial charge in [0.15, 0.2) is 0 Å². The maximum atomic E-state index is 4.44. The zero-order chi connectivity index (χ0) is 12.2. The Morgan fingerprint density at radius 3 is 2.11 bits per heavy atom. The Hall–Kier alpha value is -2.55. The highest BCUT2D eigenvalue weighted by Crippen LogP contribution is 2.20. The predicted molar refractivity (Wildman–Crippen MR) is 70.7 cm³/mol. The molecule has 3 heterocycles. The molecule has 18 heavy (non-hydrogen) atoms. The molecule has 0 bridgehead atoms. The van der Waals surface area contributed by atoms with Gasteiger partial charge in [-0.1, -0.05) is 12.1 Å². The van der Waals surface area contributed by atoms with Crippen molar-refractivity contribution in [3.8, 4) is 22.5 Å². The van der Waals surface area contributed by atoms with Crippen molar-refractivity contribution < 1.29 is 0 Å². The molecule has 0 saturated carbocycles. The average Bonchev–Trinajstić information content (AvgIpc) is 2.49. The van der Waals surface area contributed by atoms with Crippen molar-refractivity contribution in [3.05, 3.63) is 67.3 Å². The summed E-state index contributed by atoms with van der Waals surface area (Å²) in [5, 5.41) is 0. The van der Waals surface area contributed by atoms with Crippen LogP contribution >= 0.6 is 0 Å². The van der Waals surface area contributed by atoms with Gasteiger partial charge in [0, 0.05) is 30.4 Å². The first-order valence-corrected chi connectivity index (χ1v) is 5.71. The molecule has 0 fully saturated rings. The third-order valence-electron chi connectivity index (χ3n) is 2.70. The first-order valence-electron chi connectivity index (χ1n) is 5.71. The van der Waals surface area contributed by atoms with E-state index >= 15 is 0 Å². The van der Waals surface area contributed by atoms with E-state index in [0.29, 0.717) is 0 Å².